The fraction of sp³-hybridized carbons (Fsp3) is 0.345. The van der Waals surface area contributed by atoms with Crippen LogP contribution in [0.5, 0.6) is 11.5 Å². The number of allylic oxidation sites excluding steroid dienone is 4. The van der Waals surface area contributed by atoms with Gasteiger partial charge in [0.1, 0.15) is 32.2 Å². The fourth-order valence-corrected chi connectivity index (χ4v) is 3.24. The Bertz CT molecular complexity index is 1190. The van der Waals surface area contributed by atoms with Crippen LogP contribution in [0.1, 0.15) is 39.7 Å². The Kier molecular flexibility index (Phi) is 11.1. The van der Waals surface area contributed by atoms with Gasteiger partial charge in [0.2, 0.25) is 0 Å². The highest BCUT2D eigenvalue weighted by Gasteiger charge is 2.26. The summed E-state index contributed by atoms with van der Waals surface area (Å²) in [6, 6.07) is 5.06. The van der Waals surface area contributed by atoms with Gasteiger partial charge >= 0.3 is 17.9 Å². The smallest absolute Gasteiger partial charge is 0.338 e. The molecular formula is C29H33FO8. The van der Waals surface area contributed by atoms with Gasteiger partial charge in [-0.15, -0.1) is 0 Å². The van der Waals surface area contributed by atoms with Crippen LogP contribution in [-0.2, 0) is 28.6 Å². The molecular weight excluding hydrogens is 495 g/mol. The molecule has 8 nitrogen and oxygen atoms in total. The summed E-state index contributed by atoms with van der Waals surface area (Å²) in [7, 11) is 0. The van der Waals surface area contributed by atoms with Crippen LogP contribution in [0, 0.1) is 5.92 Å². The summed E-state index contributed by atoms with van der Waals surface area (Å²) >= 11 is 0. The van der Waals surface area contributed by atoms with Gasteiger partial charge in [-0.25, -0.2) is 18.8 Å². The fourth-order valence-electron chi connectivity index (χ4n) is 3.24. The Balaban J connectivity index is 2.23. The number of hydrogen-bond acceptors (Lipinski definition) is 8. The zero-order valence-corrected chi connectivity index (χ0v) is 22.2. The van der Waals surface area contributed by atoms with Gasteiger partial charge in [-0.05, 0) is 56.5 Å². The van der Waals surface area contributed by atoms with Crippen molar-refractivity contribution in [3.8, 4) is 11.5 Å². The minimum absolute atomic E-state index is 0.00649. The Morgan fingerprint density at radius 1 is 0.842 bits per heavy atom. The first-order valence-corrected chi connectivity index (χ1v) is 11.9. The molecule has 0 fully saturated rings. The van der Waals surface area contributed by atoms with Gasteiger partial charge in [-0.3, -0.25) is 0 Å². The molecule has 0 amide bonds. The molecule has 2 rings (SSSR count). The van der Waals surface area contributed by atoms with Crippen LogP contribution >= 0.6 is 0 Å². The first kappa shape index (κ1) is 30.1. The number of carbonyl (C=O) groups excluding carboxylic acids is 3. The van der Waals surface area contributed by atoms with E-state index >= 15 is 0 Å². The van der Waals surface area contributed by atoms with Crippen LogP contribution in [0.3, 0.4) is 0 Å². The zero-order valence-electron chi connectivity index (χ0n) is 22.2. The summed E-state index contributed by atoms with van der Waals surface area (Å²) in [4.78, 5) is 35.1. The summed E-state index contributed by atoms with van der Waals surface area (Å²) in [5.41, 5.74) is 2.03. The number of rotatable bonds is 13. The maximum absolute atomic E-state index is 14.9. The lowest BCUT2D eigenvalue weighted by molar-refractivity contribution is -0.140. The number of benzene rings is 1. The minimum Gasteiger partial charge on any atom is -0.486 e. The SMILES string of the molecule is C=C(C)C(=O)OCCOc1ccc(C2=CC(F)=C(OC(=O)C(=C)C)C(C)C2)cc1OCCOC(=O)C(=C)C. The van der Waals surface area contributed by atoms with Gasteiger partial charge in [-0.1, -0.05) is 32.7 Å². The average molecular weight is 529 g/mol. The lowest BCUT2D eigenvalue weighted by atomic mass is 9.89. The molecule has 1 aromatic carbocycles. The molecule has 0 spiro atoms. The van der Waals surface area contributed by atoms with E-state index in [1.165, 1.54) is 19.9 Å². The number of hydrogen-bond donors (Lipinski definition) is 0. The standard InChI is InChI=1S/C29H33FO8/c1-17(2)27(31)36-12-10-34-24-9-8-21(16-25(24)35-11-13-37-28(32)18(3)4)22-14-20(7)26(23(30)15-22)38-29(33)19(5)6/h8-9,15-16,20H,1,3,5,10-14H2,2,4,6-7H3. The Morgan fingerprint density at radius 2 is 1.37 bits per heavy atom. The number of ether oxygens (including phenoxy) is 5. The van der Waals surface area contributed by atoms with E-state index in [-0.39, 0.29) is 48.9 Å². The van der Waals surface area contributed by atoms with Crippen molar-refractivity contribution in [3.05, 3.63) is 77.9 Å². The maximum Gasteiger partial charge on any atom is 0.338 e. The highest BCUT2D eigenvalue weighted by Crippen LogP contribution is 2.39. The van der Waals surface area contributed by atoms with E-state index < -0.39 is 29.7 Å². The summed E-state index contributed by atoms with van der Waals surface area (Å²) in [6.45, 7) is 16.9. The summed E-state index contributed by atoms with van der Waals surface area (Å²) < 4.78 is 41.7. The minimum atomic E-state index is -0.683. The van der Waals surface area contributed by atoms with E-state index in [4.69, 9.17) is 23.7 Å². The first-order valence-electron chi connectivity index (χ1n) is 11.9. The topological polar surface area (TPSA) is 97.4 Å². The second-order valence-corrected chi connectivity index (χ2v) is 8.85. The number of carbonyl (C=O) groups is 3. The van der Waals surface area contributed by atoms with Crippen LogP contribution in [0.25, 0.3) is 5.57 Å². The lowest BCUT2D eigenvalue weighted by Gasteiger charge is -2.23. The molecule has 0 radical (unpaired) electrons. The molecule has 1 aromatic rings. The zero-order chi connectivity index (χ0) is 28.4. The van der Waals surface area contributed by atoms with Crippen molar-refractivity contribution in [1.29, 1.82) is 0 Å². The van der Waals surface area contributed by atoms with Crippen molar-refractivity contribution in [2.45, 2.75) is 34.1 Å². The molecule has 204 valence electrons. The highest BCUT2D eigenvalue weighted by molar-refractivity contribution is 5.88. The van der Waals surface area contributed by atoms with E-state index in [9.17, 15) is 18.8 Å². The second kappa shape index (κ2) is 14.0. The van der Waals surface area contributed by atoms with Crippen LogP contribution in [0.15, 0.2) is 72.3 Å². The monoisotopic (exact) mass is 528 g/mol. The Morgan fingerprint density at radius 3 is 1.87 bits per heavy atom. The van der Waals surface area contributed by atoms with Crippen molar-refractivity contribution < 1.29 is 42.5 Å². The van der Waals surface area contributed by atoms with Crippen molar-refractivity contribution >= 4 is 23.5 Å². The predicted molar refractivity (Wildman–Crippen MR) is 140 cm³/mol. The van der Waals surface area contributed by atoms with Crippen LogP contribution < -0.4 is 9.47 Å². The summed E-state index contributed by atoms with van der Waals surface area (Å²) in [5, 5.41) is 0. The van der Waals surface area contributed by atoms with E-state index in [0.717, 1.165) is 0 Å². The third-order valence-corrected chi connectivity index (χ3v) is 5.22. The van der Waals surface area contributed by atoms with Crippen molar-refractivity contribution in [1.82, 2.24) is 0 Å². The van der Waals surface area contributed by atoms with Gasteiger partial charge in [0.05, 0.1) is 0 Å². The molecule has 0 aliphatic heterocycles. The summed E-state index contributed by atoms with van der Waals surface area (Å²) in [5.74, 6) is -2.17. The Hall–Kier alpha value is -4.14. The van der Waals surface area contributed by atoms with Crippen molar-refractivity contribution in [2.24, 2.45) is 5.92 Å². The molecule has 1 atom stereocenters. The molecule has 0 N–H and O–H groups in total. The van der Waals surface area contributed by atoms with Crippen LogP contribution in [-0.4, -0.2) is 44.3 Å². The highest BCUT2D eigenvalue weighted by atomic mass is 19.1. The summed E-state index contributed by atoms with van der Waals surface area (Å²) in [6.07, 6.45) is 1.71. The molecule has 0 saturated heterocycles. The molecule has 0 aromatic heterocycles. The third-order valence-electron chi connectivity index (χ3n) is 5.22. The predicted octanol–water partition coefficient (Wildman–Crippen LogP) is 5.41. The van der Waals surface area contributed by atoms with Gasteiger partial charge < -0.3 is 23.7 Å². The van der Waals surface area contributed by atoms with Gasteiger partial charge in [0, 0.05) is 22.6 Å². The molecule has 9 heteroatoms. The van der Waals surface area contributed by atoms with E-state index in [0.29, 0.717) is 29.1 Å². The lowest BCUT2D eigenvalue weighted by Crippen LogP contribution is -2.15. The largest absolute Gasteiger partial charge is 0.486 e. The normalized spacial score (nSPS) is 14.7. The number of esters is 3. The maximum atomic E-state index is 14.9. The second-order valence-electron chi connectivity index (χ2n) is 8.85. The molecule has 38 heavy (non-hydrogen) atoms. The molecule has 0 heterocycles. The molecule has 1 unspecified atom stereocenters. The Labute approximate surface area is 222 Å². The molecule has 1 aliphatic rings. The average Bonchev–Trinajstić information content (AvgIpc) is 2.86. The van der Waals surface area contributed by atoms with Gasteiger partial charge in [0.25, 0.3) is 0 Å². The van der Waals surface area contributed by atoms with Crippen LogP contribution in [0.4, 0.5) is 4.39 Å². The van der Waals surface area contributed by atoms with Crippen molar-refractivity contribution in [2.75, 3.05) is 26.4 Å². The van der Waals surface area contributed by atoms with E-state index in [1.807, 2.05) is 0 Å². The number of halogens is 1. The molecule has 0 bridgehead atoms. The quantitative estimate of drug-likeness (QED) is 0.145. The first-order chi connectivity index (χ1) is 17.9. The van der Waals surface area contributed by atoms with Gasteiger partial charge in [-0.2, -0.15) is 0 Å². The van der Waals surface area contributed by atoms with Gasteiger partial charge in [0.15, 0.2) is 17.3 Å². The van der Waals surface area contributed by atoms with Crippen molar-refractivity contribution in [3.63, 3.8) is 0 Å². The van der Waals surface area contributed by atoms with E-state index in [1.54, 1.807) is 32.0 Å². The molecule has 0 saturated carbocycles. The molecule has 1 aliphatic carbocycles. The van der Waals surface area contributed by atoms with Crippen LogP contribution in [0.2, 0.25) is 0 Å². The third kappa shape index (κ3) is 8.76. The van der Waals surface area contributed by atoms with E-state index in [2.05, 4.69) is 19.7 Å².